The van der Waals surface area contributed by atoms with E-state index in [0.29, 0.717) is 17.4 Å². The summed E-state index contributed by atoms with van der Waals surface area (Å²) in [6.07, 6.45) is 1.57. The number of hydrogen-bond acceptors (Lipinski definition) is 5. The van der Waals surface area contributed by atoms with Crippen LogP contribution in [0.5, 0.6) is 0 Å². The maximum absolute atomic E-state index is 5.82. The zero-order chi connectivity index (χ0) is 14.8. The molecule has 1 heterocycles. The van der Waals surface area contributed by atoms with Gasteiger partial charge in [-0.15, -0.1) is 0 Å². The molecule has 0 spiro atoms. The predicted molar refractivity (Wildman–Crippen MR) is 78.2 cm³/mol. The molecule has 5 nitrogen and oxygen atoms in total. The van der Waals surface area contributed by atoms with Gasteiger partial charge in [0.15, 0.2) is 0 Å². The summed E-state index contributed by atoms with van der Waals surface area (Å²) in [5.74, 6) is 1.06. The van der Waals surface area contributed by atoms with Gasteiger partial charge >= 0.3 is 0 Å². The third-order valence-electron chi connectivity index (χ3n) is 3.86. The molecule has 0 aliphatic rings. The number of ether oxygens (including phenoxy) is 1. The Morgan fingerprint density at radius 2 is 2.00 bits per heavy atom. The molecule has 5 heteroatoms. The van der Waals surface area contributed by atoms with Gasteiger partial charge in [-0.2, -0.15) is 4.98 Å². The van der Waals surface area contributed by atoms with Crippen LogP contribution in [0.1, 0.15) is 38.1 Å². The van der Waals surface area contributed by atoms with Crippen LogP contribution < -0.4 is 5.73 Å². The Hall–Kier alpha value is -1.88. The lowest BCUT2D eigenvalue weighted by atomic mass is 9.96. The highest BCUT2D eigenvalue weighted by Crippen LogP contribution is 2.32. The number of aryl methyl sites for hydroxylation is 1. The standard InChI is InChI=1S/C15H21N3O2/c1-5-15(6-2,19-4)14-17-13(20-18-14)12-9-11(16)8-7-10(12)3/h7-9H,5-6,16H2,1-4H3. The average molecular weight is 275 g/mol. The van der Waals surface area contributed by atoms with Crippen LogP contribution in [-0.4, -0.2) is 17.3 Å². The number of nitrogens with two attached hydrogens (primary N) is 1. The van der Waals surface area contributed by atoms with Gasteiger partial charge < -0.3 is 15.0 Å². The molecule has 0 bridgehead atoms. The molecule has 0 atom stereocenters. The van der Waals surface area contributed by atoms with Gasteiger partial charge in [-0.05, 0) is 37.5 Å². The van der Waals surface area contributed by atoms with Crippen LogP contribution in [0.25, 0.3) is 11.5 Å². The van der Waals surface area contributed by atoms with Crippen molar-refractivity contribution in [2.24, 2.45) is 0 Å². The minimum atomic E-state index is -0.490. The molecule has 0 saturated carbocycles. The van der Waals surface area contributed by atoms with Crippen LogP contribution in [0, 0.1) is 6.92 Å². The third-order valence-corrected chi connectivity index (χ3v) is 3.86. The van der Waals surface area contributed by atoms with Crippen LogP contribution >= 0.6 is 0 Å². The Balaban J connectivity index is 2.45. The van der Waals surface area contributed by atoms with E-state index in [1.165, 1.54) is 0 Å². The van der Waals surface area contributed by atoms with Crippen molar-refractivity contribution in [2.45, 2.75) is 39.2 Å². The molecule has 108 valence electrons. The van der Waals surface area contributed by atoms with Crippen molar-refractivity contribution < 1.29 is 9.26 Å². The molecule has 0 radical (unpaired) electrons. The summed E-state index contributed by atoms with van der Waals surface area (Å²) in [5.41, 5.74) is 7.92. The second-order valence-corrected chi connectivity index (χ2v) is 4.90. The van der Waals surface area contributed by atoms with Crippen molar-refractivity contribution in [2.75, 3.05) is 12.8 Å². The SMILES string of the molecule is CCC(CC)(OC)c1noc(-c2cc(N)ccc2C)n1. The fourth-order valence-electron chi connectivity index (χ4n) is 2.33. The first-order valence-corrected chi connectivity index (χ1v) is 6.82. The van der Waals surface area contributed by atoms with Gasteiger partial charge in [-0.1, -0.05) is 25.1 Å². The molecule has 2 N–H and O–H groups in total. The Kier molecular flexibility index (Phi) is 4.09. The van der Waals surface area contributed by atoms with E-state index in [-0.39, 0.29) is 0 Å². The summed E-state index contributed by atoms with van der Waals surface area (Å²) >= 11 is 0. The van der Waals surface area contributed by atoms with Crippen molar-refractivity contribution >= 4 is 5.69 Å². The lowest BCUT2D eigenvalue weighted by Gasteiger charge is -2.25. The number of rotatable bonds is 5. The van der Waals surface area contributed by atoms with Gasteiger partial charge in [0.05, 0.1) is 0 Å². The molecule has 0 aliphatic heterocycles. The van der Waals surface area contributed by atoms with Crippen LogP contribution in [0.3, 0.4) is 0 Å². The molecule has 0 fully saturated rings. The number of benzene rings is 1. The fraction of sp³-hybridized carbons (Fsp3) is 0.467. The van der Waals surface area contributed by atoms with Crippen LogP contribution in [0.15, 0.2) is 22.7 Å². The second kappa shape index (κ2) is 5.63. The molecule has 1 aromatic heterocycles. The molecular formula is C15H21N3O2. The van der Waals surface area contributed by atoms with Crippen molar-refractivity contribution in [1.82, 2.24) is 10.1 Å². The van der Waals surface area contributed by atoms with E-state index in [1.54, 1.807) is 7.11 Å². The summed E-state index contributed by atoms with van der Waals surface area (Å²) < 4.78 is 11.0. The highest BCUT2D eigenvalue weighted by atomic mass is 16.5. The van der Waals surface area contributed by atoms with Crippen LogP contribution in [-0.2, 0) is 10.3 Å². The monoisotopic (exact) mass is 275 g/mol. The molecule has 2 rings (SSSR count). The lowest BCUT2D eigenvalue weighted by Crippen LogP contribution is -2.28. The smallest absolute Gasteiger partial charge is 0.258 e. The number of aromatic nitrogens is 2. The molecular weight excluding hydrogens is 254 g/mol. The van der Waals surface area contributed by atoms with Crippen molar-refractivity contribution in [3.63, 3.8) is 0 Å². The average Bonchev–Trinajstić information content (AvgIpc) is 2.94. The quantitative estimate of drug-likeness (QED) is 0.847. The summed E-state index contributed by atoms with van der Waals surface area (Å²) in [5, 5.41) is 4.10. The van der Waals surface area contributed by atoms with E-state index in [9.17, 15) is 0 Å². The topological polar surface area (TPSA) is 74.2 Å². The lowest BCUT2D eigenvalue weighted by molar-refractivity contribution is -0.0306. The number of methoxy groups -OCH3 is 1. The summed E-state index contributed by atoms with van der Waals surface area (Å²) in [6, 6.07) is 5.64. The van der Waals surface area contributed by atoms with Crippen molar-refractivity contribution in [3.8, 4) is 11.5 Å². The second-order valence-electron chi connectivity index (χ2n) is 4.90. The molecule has 2 aromatic rings. The Labute approximate surface area is 119 Å². The van der Waals surface area contributed by atoms with E-state index < -0.39 is 5.60 Å². The van der Waals surface area contributed by atoms with Crippen molar-refractivity contribution in [1.29, 1.82) is 0 Å². The zero-order valence-electron chi connectivity index (χ0n) is 12.4. The fourth-order valence-corrected chi connectivity index (χ4v) is 2.33. The minimum absolute atomic E-state index is 0.480. The van der Waals surface area contributed by atoms with E-state index in [4.69, 9.17) is 15.0 Å². The number of anilines is 1. The van der Waals surface area contributed by atoms with Crippen LogP contribution in [0.2, 0.25) is 0 Å². The van der Waals surface area contributed by atoms with Gasteiger partial charge in [0.1, 0.15) is 5.60 Å². The summed E-state index contributed by atoms with van der Waals surface area (Å²) in [6.45, 7) is 6.09. The first-order chi connectivity index (χ1) is 9.56. The number of nitrogens with zero attached hydrogens (tertiary/aromatic N) is 2. The molecule has 0 saturated heterocycles. The largest absolute Gasteiger partial charge is 0.399 e. The number of nitrogen functional groups attached to an aromatic ring is 1. The highest BCUT2D eigenvalue weighted by molar-refractivity contribution is 5.63. The molecule has 0 unspecified atom stereocenters. The summed E-state index contributed by atoms with van der Waals surface area (Å²) in [7, 11) is 1.68. The first kappa shape index (κ1) is 14.5. The Morgan fingerprint density at radius 3 is 2.60 bits per heavy atom. The van der Waals surface area contributed by atoms with E-state index in [2.05, 4.69) is 24.0 Å². The van der Waals surface area contributed by atoms with Gasteiger partial charge in [0, 0.05) is 18.4 Å². The normalized spacial score (nSPS) is 11.8. The minimum Gasteiger partial charge on any atom is -0.399 e. The van der Waals surface area contributed by atoms with Gasteiger partial charge in [-0.25, -0.2) is 0 Å². The van der Waals surface area contributed by atoms with Crippen LogP contribution in [0.4, 0.5) is 5.69 Å². The van der Waals surface area contributed by atoms with Gasteiger partial charge in [-0.3, -0.25) is 0 Å². The Morgan fingerprint density at radius 1 is 1.30 bits per heavy atom. The van der Waals surface area contributed by atoms with Gasteiger partial charge in [0.2, 0.25) is 5.82 Å². The summed E-state index contributed by atoms with van der Waals surface area (Å²) in [4.78, 5) is 4.51. The van der Waals surface area contributed by atoms with E-state index in [1.807, 2.05) is 25.1 Å². The molecule has 0 amide bonds. The van der Waals surface area contributed by atoms with E-state index >= 15 is 0 Å². The molecule has 1 aromatic carbocycles. The molecule has 0 aliphatic carbocycles. The molecule has 20 heavy (non-hydrogen) atoms. The maximum atomic E-state index is 5.82. The third kappa shape index (κ3) is 2.41. The predicted octanol–water partition coefficient (Wildman–Crippen LogP) is 3.29. The highest BCUT2D eigenvalue weighted by Gasteiger charge is 2.33. The Bertz CT molecular complexity index is 580. The number of hydrogen-bond donors (Lipinski definition) is 1. The van der Waals surface area contributed by atoms with Crippen molar-refractivity contribution in [3.05, 3.63) is 29.6 Å². The zero-order valence-corrected chi connectivity index (χ0v) is 12.4. The van der Waals surface area contributed by atoms with E-state index in [0.717, 1.165) is 24.0 Å². The maximum Gasteiger partial charge on any atom is 0.258 e. The van der Waals surface area contributed by atoms with Gasteiger partial charge in [0.25, 0.3) is 5.89 Å². The first-order valence-electron chi connectivity index (χ1n) is 6.82.